The molecule has 0 saturated heterocycles. The van der Waals surface area contributed by atoms with E-state index in [1.807, 2.05) is 11.0 Å². The van der Waals surface area contributed by atoms with Crippen LogP contribution < -0.4 is 4.90 Å². The van der Waals surface area contributed by atoms with E-state index in [1.54, 1.807) is 7.11 Å². The second-order valence-electron chi connectivity index (χ2n) is 10.4. The first-order chi connectivity index (χ1) is 16.0. The fraction of sp³-hybridized carbons (Fsp3) is 0.704. The summed E-state index contributed by atoms with van der Waals surface area (Å²) >= 11 is 1.36. The molecule has 0 aromatic carbocycles. The van der Waals surface area contributed by atoms with Crippen molar-refractivity contribution < 1.29 is 19.4 Å². The topological polar surface area (TPSA) is 66.8 Å². The average Bonchev–Trinajstić information content (AvgIpc) is 3.27. The van der Waals surface area contributed by atoms with Crippen LogP contribution in [0.4, 0.5) is 5.69 Å². The Balaban J connectivity index is 1.66. The zero-order valence-corrected chi connectivity index (χ0v) is 21.0. The number of allylic oxidation sites excluding steroid dienone is 2. The Morgan fingerprint density at radius 2 is 1.82 bits per heavy atom. The number of amides is 1. The fourth-order valence-corrected chi connectivity index (χ4v) is 6.99. The van der Waals surface area contributed by atoms with E-state index in [9.17, 15) is 14.7 Å². The van der Waals surface area contributed by atoms with E-state index in [-0.39, 0.29) is 17.9 Å². The monoisotopic (exact) mass is 473 g/mol. The molecule has 2 fully saturated rings. The summed E-state index contributed by atoms with van der Waals surface area (Å²) in [5.74, 6) is 0.454. The van der Waals surface area contributed by atoms with E-state index < -0.39 is 5.97 Å². The smallest absolute Gasteiger partial charge is 0.348 e. The van der Waals surface area contributed by atoms with Crippen molar-refractivity contribution in [3.63, 3.8) is 0 Å². The molecule has 5 nitrogen and oxygen atoms in total. The Labute approximate surface area is 202 Å². The van der Waals surface area contributed by atoms with E-state index >= 15 is 0 Å². The van der Waals surface area contributed by atoms with Crippen molar-refractivity contribution in [1.82, 2.24) is 0 Å². The molecule has 0 unspecified atom stereocenters. The minimum Gasteiger partial charge on any atom is -0.477 e. The maximum atomic E-state index is 14.0. The number of thiophene rings is 1. The Hall–Kier alpha value is -1.66. The Kier molecular flexibility index (Phi) is 8.29. The number of methoxy groups -OCH3 is 1. The van der Waals surface area contributed by atoms with Gasteiger partial charge in [-0.15, -0.1) is 11.3 Å². The summed E-state index contributed by atoms with van der Waals surface area (Å²) < 4.78 is 5.37. The minimum atomic E-state index is -0.916. The van der Waals surface area contributed by atoms with Crippen LogP contribution in [-0.2, 0) is 9.53 Å². The summed E-state index contributed by atoms with van der Waals surface area (Å²) in [5, 5.41) is 10.1. The normalized spacial score (nSPS) is 28.2. The number of nitrogens with zero attached hydrogens (tertiary/aromatic N) is 1. The van der Waals surface area contributed by atoms with Gasteiger partial charge in [0.25, 0.3) is 0 Å². The van der Waals surface area contributed by atoms with E-state index in [2.05, 4.69) is 13.0 Å². The number of aromatic carboxylic acids is 1. The van der Waals surface area contributed by atoms with Gasteiger partial charge in [0.15, 0.2) is 0 Å². The molecular formula is C27H39NO4S. The highest BCUT2D eigenvalue weighted by molar-refractivity contribution is 7.15. The van der Waals surface area contributed by atoms with Crippen LogP contribution in [0.15, 0.2) is 12.1 Å². The molecule has 1 aromatic rings. The lowest BCUT2D eigenvalue weighted by molar-refractivity contribution is -0.124. The number of rotatable bonds is 7. The van der Waals surface area contributed by atoms with Gasteiger partial charge in [-0.2, -0.15) is 0 Å². The lowest BCUT2D eigenvalue weighted by Crippen LogP contribution is -2.46. The summed E-state index contributed by atoms with van der Waals surface area (Å²) in [7, 11) is 1.75. The highest BCUT2D eigenvalue weighted by atomic mass is 32.1. The second kappa shape index (κ2) is 11.2. The first kappa shape index (κ1) is 24.5. The average molecular weight is 474 g/mol. The Morgan fingerprint density at radius 3 is 2.42 bits per heavy atom. The van der Waals surface area contributed by atoms with Gasteiger partial charge in [0.1, 0.15) is 4.88 Å². The summed E-state index contributed by atoms with van der Waals surface area (Å²) in [6, 6.07) is 2.10. The number of carbonyl (C=O) groups excluding carboxylic acids is 1. The quantitative estimate of drug-likeness (QED) is 0.475. The van der Waals surface area contributed by atoms with E-state index in [1.165, 1.54) is 23.3 Å². The standard InChI is InChI=1S/C27H39NO4S/c1-18-8-12-21(13-9-18)26(29)28(22-14-10-19(11-15-22)17-32-2)23-16-24(33-25(23)27(30)31)20-6-4-3-5-7-20/h6,16,18-19,21-22H,3-5,7-15,17H2,1-2H3,(H,30,31). The second-order valence-corrected chi connectivity index (χ2v) is 11.5. The van der Waals surface area contributed by atoms with Crippen molar-refractivity contribution in [2.24, 2.45) is 17.8 Å². The molecule has 0 bridgehead atoms. The zero-order valence-electron chi connectivity index (χ0n) is 20.2. The van der Waals surface area contributed by atoms with Gasteiger partial charge < -0.3 is 14.7 Å². The predicted molar refractivity (Wildman–Crippen MR) is 134 cm³/mol. The van der Waals surface area contributed by atoms with Gasteiger partial charge in [0, 0.05) is 30.6 Å². The van der Waals surface area contributed by atoms with Crippen LogP contribution in [0.1, 0.15) is 98.5 Å². The maximum absolute atomic E-state index is 14.0. The van der Waals surface area contributed by atoms with Crippen LogP contribution >= 0.6 is 11.3 Å². The van der Waals surface area contributed by atoms with Crippen LogP contribution in [0.25, 0.3) is 5.57 Å². The lowest BCUT2D eigenvalue weighted by Gasteiger charge is -2.39. The van der Waals surface area contributed by atoms with Gasteiger partial charge in [-0.25, -0.2) is 4.79 Å². The fourth-order valence-electron chi connectivity index (χ4n) is 5.94. The number of anilines is 1. The largest absolute Gasteiger partial charge is 0.477 e. The first-order valence-electron chi connectivity index (χ1n) is 12.9. The van der Waals surface area contributed by atoms with Crippen LogP contribution in [0.2, 0.25) is 0 Å². The molecule has 2 saturated carbocycles. The minimum absolute atomic E-state index is 0.0109. The molecule has 0 aliphatic heterocycles. The summed E-state index contributed by atoms with van der Waals surface area (Å²) in [6.07, 6.45) is 14.5. The van der Waals surface area contributed by atoms with Crippen molar-refractivity contribution in [3.05, 3.63) is 21.9 Å². The molecule has 1 aromatic heterocycles. The molecule has 1 heterocycles. The van der Waals surface area contributed by atoms with Gasteiger partial charge >= 0.3 is 5.97 Å². The number of hydrogen-bond donors (Lipinski definition) is 1. The lowest BCUT2D eigenvalue weighted by atomic mass is 9.81. The van der Waals surface area contributed by atoms with Gasteiger partial charge in [-0.05, 0) is 101 Å². The number of carbonyl (C=O) groups is 2. The third-order valence-corrected chi connectivity index (χ3v) is 9.15. The van der Waals surface area contributed by atoms with Crippen molar-refractivity contribution in [3.8, 4) is 0 Å². The van der Waals surface area contributed by atoms with Crippen LogP contribution in [-0.4, -0.2) is 36.7 Å². The van der Waals surface area contributed by atoms with E-state index in [4.69, 9.17) is 4.74 Å². The van der Waals surface area contributed by atoms with Crippen LogP contribution in [0, 0.1) is 17.8 Å². The summed E-state index contributed by atoms with van der Waals surface area (Å²) in [5.41, 5.74) is 1.90. The van der Waals surface area contributed by atoms with Gasteiger partial charge in [-0.1, -0.05) is 13.0 Å². The molecule has 0 spiro atoms. The Morgan fingerprint density at radius 1 is 1.09 bits per heavy atom. The van der Waals surface area contributed by atoms with Crippen molar-refractivity contribution in [2.75, 3.05) is 18.6 Å². The SMILES string of the molecule is COCC1CCC(N(C(=O)C2CCC(C)CC2)c2cc(C3=CCCCC3)sc2C(=O)O)CC1. The van der Waals surface area contributed by atoms with Gasteiger partial charge in [0.2, 0.25) is 5.91 Å². The maximum Gasteiger partial charge on any atom is 0.348 e. The molecule has 182 valence electrons. The van der Waals surface area contributed by atoms with Crippen LogP contribution in [0.5, 0.6) is 0 Å². The highest BCUT2D eigenvalue weighted by Gasteiger charge is 2.37. The van der Waals surface area contributed by atoms with E-state index in [0.29, 0.717) is 22.4 Å². The number of hydrogen-bond acceptors (Lipinski definition) is 4. The zero-order chi connectivity index (χ0) is 23.4. The number of ether oxygens (including phenoxy) is 1. The molecule has 1 amide bonds. The van der Waals surface area contributed by atoms with Crippen molar-refractivity contribution >= 4 is 34.5 Å². The van der Waals surface area contributed by atoms with Crippen molar-refractivity contribution in [1.29, 1.82) is 0 Å². The van der Waals surface area contributed by atoms with Gasteiger partial charge in [0.05, 0.1) is 5.69 Å². The van der Waals surface area contributed by atoms with Crippen molar-refractivity contribution in [2.45, 2.75) is 90.0 Å². The molecule has 4 rings (SSSR count). The third-order valence-electron chi connectivity index (χ3n) is 7.96. The molecule has 3 aliphatic carbocycles. The number of carboxylic acids is 1. The van der Waals surface area contributed by atoms with E-state index in [0.717, 1.165) is 82.1 Å². The predicted octanol–water partition coefficient (Wildman–Crippen LogP) is 6.77. The number of carboxylic acid groups (broad SMARTS) is 1. The molecule has 0 atom stereocenters. The Bertz CT molecular complexity index is 859. The molecule has 33 heavy (non-hydrogen) atoms. The molecule has 3 aliphatic rings. The van der Waals surface area contributed by atoms with Crippen LogP contribution in [0.3, 0.4) is 0 Å². The molecule has 0 radical (unpaired) electrons. The highest BCUT2D eigenvalue weighted by Crippen LogP contribution is 2.42. The summed E-state index contributed by atoms with van der Waals surface area (Å²) in [4.78, 5) is 29.6. The molecule has 1 N–H and O–H groups in total. The molecule has 6 heteroatoms. The molecular weight excluding hydrogens is 434 g/mol. The van der Waals surface area contributed by atoms with Gasteiger partial charge in [-0.3, -0.25) is 4.79 Å². The summed E-state index contributed by atoms with van der Waals surface area (Å²) in [6.45, 7) is 3.03. The first-order valence-corrected chi connectivity index (χ1v) is 13.7. The third kappa shape index (κ3) is 5.71.